The second-order valence-corrected chi connectivity index (χ2v) is 6.33. The summed E-state index contributed by atoms with van der Waals surface area (Å²) in [5.41, 5.74) is 3.31. The Balaban J connectivity index is 1.96. The van der Waals surface area contributed by atoms with Gasteiger partial charge in [0, 0.05) is 13.5 Å². The highest BCUT2D eigenvalue weighted by molar-refractivity contribution is 5.89. The number of benzene rings is 2. The van der Waals surface area contributed by atoms with E-state index in [9.17, 15) is 14.4 Å². The molecule has 0 spiro atoms. The molecular weight excluding hydrogens is 344 g/mol. The van der Waals surface area contributed by atoms with Gasteiger partial charge < -0.3 is 15.4 Å². The lowest BCUT2D eigenvalue weighted by Crippen LogP contribution is -2.32. The molecule has 0 heterocycles. The molecule has 6 heteroatoms. The minimum Gasteiger partial charge on any atom is -0.465 e. The van der Waals surface area contributed by atoms with Crippen molar-refractivity contribution in [3.63, 3.8) is 0 Å². The van der Waals surface area contributed by atoms with E-state index in [1.807, 2.05) is 31.2 Å². The predicted molar refractivity (Wildman–Crippen MR) is 102 cm³/mol. The summed E-state index contributed by atoms with van der Waals surface area (Å²) in [5, 5.41) is 5.66. The Morgan fingerprint density at radius 1 is 1.00 bits per heavy atom. The van der Waals surface area contributed by atoms with Gasteiger partial charge in [-0.05, 0) is 30.2 Å². The summed E-state index contributed by atoms with van der Waals surface area (Å²) in [4.78, 5) is 35.2. The van der Waals surface area contributed by atoms with Crippen LogP contribution < -0.4 is 10.6 Å². The first kappa shape index (κ1) is 20.2. The van der Waals surface area contributed by atoms with E-state index < -0.39 is 5.97 Å². The van der Waals surface area contributed by atoms with E-state index in [0.717, 1.165) is 16.7 Å². The van der Waals surface area contributed by atoms with Gasteiger partial charge in [-0.3, -0.25) is 9.59 Å². The van der Waals surface area contributed by atoms with Crippen LogP contribution in [-0.2, 0) is 20.9 Å². The molecule has 142 valence electrons. The van der Waals surface area contributed by atoms with Crippen LogP contribution in [0.5, 0.6) is 0 Å². The van der Waals surface area contributed by atoms with Crippen LogP contribution in [0.2, 0.25) is 0 Å². The molecule has 0 saturated heterocycles. The van der Waals surface area contributed by atoms with Crippen LogP contribution in [0, 0.1) is 6.92 Å². The summed E-state index contributed by atoms with van der Waals surface area (Å²) < 4.78 is 4.66. The molecule has 0 fully saturated rings. The number of amides is 2. The molecule has 2 N–H and O–H groups in total. The molecule has 0 radical (unpaired) electrons. The molecule has 27 heavy (non-hydrogen) atoms. The zero-order valence-electron chi connectivity index (χ0n) is 15.7. The standard InChI is InChI=1S/C21H24N2O4/c1-14-4-8-17(9-5-14)19(23-15(2)24)12-20(25)22-13-16-6-10-18(11-7-16)21(26)27-3/h4-11,19H,12-13H2,1-3H3,(H,22,25)(H,23,24). The Morgan fingerprint density at radius 3 is 2.19 bits per heavy atom. The predicted octanol–water partition coefficient (Wildman–Crippen LogP) is 2.67. The van der Waals surface area contributed by atoms with E-state index in [4.69, 9.17) is 0 Å². The number of hydrogen-bond donors (Lipinski definition) is 2. The quantitative estimate of drug-likeness (QED) is 0.736. The zero-order chi connectivity index (χ0) is 19.8. The van der Waals surface area contributed by atoms with Crippen LogP contribution in [0.4, 0.5) is 0 Å². The molecule has 2 aromatic rings. The van der Waals surface area contributed by atoms with Crippen molar-refractivity contribution < 1.29 is 19.1 Å². The second-order valence-electron chi connectivity index (χ2n) is 6.33. The summed E-state index contributed by atoms with van der Waals surface area (Å²) in [5.74, 6) is -0.764. The van der Waals surface area contributed by atoms with Gasteiger partial charge in [-0.2, -0.15) is 0 Å². The molecule has 0 aliphatic rings. The van der Waals surface area contributed by atoms with Crippen molar-refractivity contribution >= 4 is 17.8 Å². The molecule has 1 unspecified atom stereocenters. The fraction of sp³-hybridized carbons (Fsp3) is 0.286. The number of carbonyl (C=O) groups is 3. The van der Waals surface area contributed by atoms with Crippen molar-refractivity contribution in [1.29, 1.82) is 0 Å². The Bertz CT molecular complexity index is 798. The van der Waals surface area contributed by atoms with Crippen LogP contribution >= 0.6 is 0 Å². The van der Waals surface area contributed by atoms with Gasteiger partial charge in [0.2, 0.25) is 11.8 Å². The number of carbonyl (C=O) groups excluding carboxylic acids is 3. The fourth-order valence-corrected chi connectivity index (χ4v) is 2.63. The van der Waals surface area contributed by atoms with Crippen LogP contribution in [0.3, 0.4) is 0 Å². The van der Waals surface area contributed by atoms with Gasteiger partial charge >= 0.3 is 5.97 Å². The Labute approximate surface area is 158 Å². The van der Waals surface area contributed by atoms with Crippen LogP contribution in [0.25, 0.3) is 0 Å². The maximum Gasteiger partial charge on any atom is 0.337 e. The molecule has 2 amide bonds. The van der Waals surface area contributed by atoms with E-state index in [1.54, 1.807) is 24.3 Å². The van der Waals surface area contributed by atoms with Crippen molar-refractivity contribution in [2.24, 2.45) is 0 Å². The third-order valence-corrected chi connectivity index (χ3v) is 4.11. The molecular formula is C21H24N2O4. The van der Waals surface area contributed by atoms with Gasteiger partial charge in [-0.1, -0.05) is 42.0 Å². The van der Waals surface area contributed by atoms with Gasteiger partial charge in [0.25, 0.3) is 0 Å². The number of rotatable bonds is 7. The zero-order valence-corrected chi connectivity index (χ0v) is 15.7. The summed E-state index contributed by atoms with van der Waals surface area (Å²) in [6.07, 6.45) is 0.142. The highest BCUT2D eigenvalue weighted by Crippen LogP contribution is 2.17. The van der Waals surface area contributed by atoms with Gasteiger partial charge in [-0.25, -0.2) is 4.79 Å². The maximum atomic E-state index is 12.3. The fourth-order valence-electron chi connectivity index (χ4n) is 2.63. The lowest BCUT2D eigenvalue weighted by atomic mass is 10.0. The number of esters is 1. The molecule has 2 rings (SSSR count). The van der Waals surface area contributed by atoms with Crippen molar-refractivity contribution in [2.45, 2.75) is 32.9 Å². The topological polar surface area (TPSA) is 84.5 Å². The highest BCUT2D eigenvalue weighted by Gasteiger charge is 2.17. The molecule has 0 aromatic heterocycles. The summed E-state index contributed by atoms with van der Waals surface area (Å²) in [6, 6.07) is 14.2. The van der Waals surface area contributed by atoms with Gasteiger partial charge in [-0.15, -0.1) is 0 Å². The monoisotopic (exact) mass is 368 g/mol. The summed E-state index contributed by atoms with van der Waals surface area (Å²) in [6.45, 7) is 3.75. The number of nitrogens with one attached hydrogen (secondary N) is 2. The minimum atomic E-state index is -0.401. The number of ether oxygens (including phenoxy) is 1. The molecule has 1 atom stereocenters. The molecule has 0 aliphatic heterocycles. The average Bonchev–Trinajstić information content (AvgIpc) is 2.66. The first-order valence-corrected chi connectivity index (χ1v) is 8.66. The average molecular weight is 368 g/mol. The van der Waals surface area contributed by atoms with E-state index in [-0.39, 0.29) is 24.3 Å². The first-order chi connectivity index (χ1) is 12.9. The minimum absolute atomic E-state index is 0.142. The van der Waals surface area contributed by atoms with E-state index in [0.29, 0.717) is 12.1 Å². The van der Waals surface area contributed by atoms with E-state index in [1.165, 1.54) is 14.0 Å². The lowest BCUT2D eigenvalue weighted by Gasteiger charge is -2.18. The Hall–Kier alpha value is -3.15. The molecule has 6 nitrogen and oxygen atoms in total. The van der Waals surface area contributed by atoms with E-state index in [2.05, 4.69) is 15.4 Å². The third kappa shape index (κ3) is 6.26. The molecule has 2 aromatic carbocycles. The SMILES string of the molecule is COC(=O)c1ccc(CNC(=O)CC(NC(C)=O)c2ccc(C)cc2)cc1. The van der Waals surface area contributed by atoms with Crippen LogP contribution in [0.15, 0.2) is 48.5 Å². The summed E-state index contributed by atoms with van der Waals surface area (Å²) >= 11 is 0. The van der Waals surface area contributed by atoms with Crippen molar-refractivity contribution in [3.8, 4) is 0 Å². The smallest absolute Gasteiger partial charge is 0.337 e. The van der Waals surface area contributed by atoms with Crippen LogP contribution in [0.1, 0.15) is 46.4 Å². The first-order valence-electron chi connectivity index (χ1n) is 8.66. The third-order valence-electron chi connectivity index (χ3n) is 4.11. The van der Waals surface area contributed by atoms with E-state index >= 15 is 0 Å². The number of methoxy groups -OCH3 is 1. The highest BCUT2D eigenvalue weighted by atomic mass is 16.5. The molecule has 0 bridgehead atoms. The van der Waals surface area contributed by atoms with Gasteiger partial charge in [0.15, 0.2) is 0 Å². The Morgan fingerprint density at radius 2 is 1.63 bits per heavy atom. The Kier molecular flexibility index (Phi) is 7.11. The summed E-state index contributed by atoms with van der Waals surface area (Å²) in [7, 11) is 1.33. The lowest BCUT2D eigenvalue weighted by molar-refractivity contribution is -0.122. The van der Waals surface area contributed by atoms with Crippen molar-refractivity contribution in [1.82, 2.24) is 10.6 Å². The van der Waals surface area contributed by atoms with Crippen molar-refractivity contribution in [2.75, 3.05) is 7.11 Å². The van der Waals surface area contributed by atoms with Crippen molar-refractivity contribution in [3.05, 3.63) is 70.8 Å². The molecule has 0 saturated carbocycles. The van der Waals surface area contributed by atoms with Gasteiger partial charge in [0.05, 0.1) is 25.1 Å². The second kappa shape index (κ2) is 9.52. The largest absolute Gasteiger partial charge is 0.465 e. The maximum absolute atomic E-state index is 12.3. The number of aryl methyl sites for hydroxylation is 1. The van der Waals surface area contributed by atoms with Crippen LogP contribution in [-0.4, -0.2) is 24.9 Å². The van der Waals surface area contributed by atoms with Gasteiger partial charge in [0.1, 0.15) is 0 Å². The number of hydrogen-bond acceptors (Lipinski definition) is 4. The normalized spacial score (nSPS) is 11.4. The molecule has 0 aliphatic carbocycles.